The van der Waals surface area contributed by atoms with Crippen molar-refractivity contribution in [3.63, 3.8) is 0 Å². The largest absolute Gasteiger partial charge is 0.417 e. The summed E-state index contributed by atoms with van der Waals surface area (Å²) < 4.78 is 36.6. The summed E-state index contributed by atoms with van der Waals surface area (Å²) in [4.78, 5) is 3.61. The summed E-state index contributed by atoms with van der Waals surface area (Å²) in [6, 6.07) is 0.821. The van der Waals surface area contributed by atoms with Crippen LogP contribution in [0.2, 0.25) is 5.02 Å². The van der Waals surface area contributed by atoms with E-state index in [-0.39, 0.29) is 12.2 Å². The number of hydrogen-bond acceptors (Lipinski definition) is 2. The zero-order valence-electron chi connectivity index (χ0n) is 6.40. The van der Waals surface area contributed by atoms with Crippen LogP contribution >= 0.6 is 11.6 Å². The topological polar surface area (TPSA) is 38.9 Å². The molecule has 72 valence electrons. The van der Waals surface area contributed by atoms with E-state index in [0.29, 0.717) is 0 Å². The SMILES string of the molecule is NCc1nccc(C(F)(F)F)c1Cl. The molecule has 1 aromatic heterocycles. The van der Waals surface area contributed by atoms with Crippen LogP contribution in [0.3, 0.4) is 0 Å². The molecule has 0 radical (unpaired) electrons. The Morgan fingerprint density at radius 1 is 1.46 bits per heavy atom. The molecule has 13 heavy (non-hydrogen) atoms. The molecule has 0 fully saturated rings. The maximum Gasteiger partial charge on any atom is 0.417 e. The first-order valence-corrected chi connectivity index (χ1v) is 3.75. The van der Waals surface area contributed by atoms with Crippen LogP contribution in [-0.2, 0) is 12.7 Å². The Labute approximate surface area is 77.5 Å². The van der Waals surface area contributed by atoms with E-state index in [2.05, 4.69) is 4.98 Å². The standard InChI is InChI=1S/C7H6ClF3N2/c8-6-4(7(9,10)11)1-2-13-5(6)3-12/h1-2H,3,12H2. The van der Waals surface area contributed by atoms with Crippen LogP contribution in [0.1, 0.15) is 11.3 Å². The van der Waals surface area contributed by atoms with Gasteiger partial charge in [0.25, 0.3) is 0 Å². The monoisotopic (exact) mass is 210 g/mol. The molecular weight excluding hydrogens is 205 g/mol. The van der Waals surface area contributed by atoms with Gasteiger partial charge in [-0.05, 0) is 6.07 Å². The van der Waals surface area contributed by atoms with E-state index >= 15 is 0 Å². The Hall–Kier alpha value is -0.810. The number of aromatic nitrogens is 1. The van der Waals surface area contributed by atoms with Crippen LogP contribution in [-0.4, -0.2) is 4.98 Å². The van der Waals surface area contributed by atoms with E-state index in [1.807, 2.05) is 0 Å². The minimum atomic E-state index is -4.45. The third-order valence-corrected chi connectivity index (χ3v) is 1.88. The van der Waals surface area contributed by atoms with Crippen molar-refractivity contribution in [2.45, 2.75) is 12.7 Å². The maximum absolute atomic E-state index is 12.2. The molecule has 0 saturated heterocycles. The van der Waals surface area contributed by atoms with Gasteiger partial charge in [-0.3, -0.25) is 4.98 Å². The second kappa shape index (κ2) is 3.51. The van der Waals surface area contributed by atoms with Gasteiger partial charge in [0.1, 0.15) is 0 Å². The number of nitrogens with zero attached hydrogens (tertiary/aromatic N) is 1. The average molecular weight is 211 g/mol. The highest BCUT2D eigenvalue weighted by molar-refractivity contribution is 6.32. The number of pyridine rings is 1. The molecular formula is C7H6ClF3N2. The van der Waals surface area contributed by atoms with Crippen LogP contribution in [0.4, 0.5) is 13.2 Å². The second-order valence-electron chi connectivity index (χ2n) is 2.32. The van der Waals surface area contributed by atoms with Gasteiger partial charge in [-0.1, -0.05) is 11.6 Å². The van der Waals surface area contributed by atoms with Crippen molar-refractivity contribution in [1.29, 1.82) is 0 Å². The molecule has 0 aliphatic heterocycles. The zero-order valence-corrected chi connectivity index (χ0v) is 7.15. The van der Waals surface area contributed by atoms with Gasteiger partial charge in [0.05, 0.1) is 16.3 Å². The summed E-state index contributed by atoms with van der Waals surface area (Å²) in [6.07, 6.45) is -3.42. The number of halogens is 4. The van der Waals surface area contributed by atoms with Crippen LogP contribution in [0.15, 0.2) is 12.3 Å². The Morgan fingerprint density at radius 3 is 2.54 bits per heavy atom. The molecule has 6 heteroatoms. The molecule has 0 spiro atoms. The molecule has 0 aliphatic carbocycles. The second-order valence-corrected chi connectivity index (χ2v) is 2.70. The number of nitrogens with two attached hydrogens (primary N) is 1. The Balaban J connectivity index is 3.24. The molecule has 0 atom stereocenters. The summed E-state index contributed by atoms with van der Waals surface area (Å²) in [6.45, 7) is -0.108. The van der Waals surface area contributed by atoms with E-state index in [4.69, 9.17) is 17.3 Å². The van der Waals surface area contributed by atoms with Gasteiger partial charge in [-0.15, -0.1) is 0 Å². The summed E-state index contributed by atoms with van der Waals surface area (Å²) in [5.74, 6) is 0. The van der Waals surface area contributed by atoms with Gasteiger partial charge < -0.3 is 5.73 Å². The fourth-order valence-electron chi connectivity index (χ4n) is 0.848. The molecule has 2 N–H and O–H groups in total. The van der Waals surface area contributed by atoms with Crippen molar-refractivity contribution in [2.24, 2.45) is 5.73 Å². The number of rotatable bonds is 1. The van der Waals surface area contributed by atoms with Gasteiger partial charge in [0.15, 0.2) is 0 Å². The van der Waals surface area contributed by atoms with Gasteiger partial charge in [0.2, 0.25) is 0 Å². The quantitative estimate of drug-likeness (QED) is 0.772. The average Bonchev–Trinajstić information content (AvgIpc) is 2.02. The maximum atomic E-state index is 12.2. The van der Waals surface area contributed by atoms with E-state index < -0.39 is 16.8 Å². The smallest absolute Gasteiger partial charge is 0.325 e. The summed E-state index contributed by atoms with van der Waals surface area (Å²) in [5, 5.41) is -0.419. The Morgan fingerprint density at radius 2 is 2.08 bits per heavy atom. The predicted octanol–water partition coefficient (Wildman–Crippen LogP) is 2.21. The van der Waals surface area contributed by atoms with Crippen LogP contribution in [0.5, 0.6) is 0 Å². The highest BCUT2D eigenvalue weighted by Crippen LogP contribution is 2.35. The third kappa shape index (κ3) is 2.10. The highest BCUT2D eigenvalue weighted by Gasteiger charge is 2.33. The van der Waals surface area contributed by atoms with Crippen LogP contribution < -0.4 is 5.73 Å². The lowest BCUT2D eigenvalue weighted by Crippen LogP contribution is -2.10. The van der Waals surface area contributed by atoms with Crippen molar-refractivity contribution >= 4 is 11.6 Å². The summed E-state index contributed by atoms with van der Waals surface area (Å²) in [5.41, 5.74) is 4.30. The minimum Gasteiger partial charge on any atom is -0.325 e. The van der Waals surface area contributed by atoms with Gasteiger partial charge >= 0.3 is 6.18 Å². The first-order chi connectivity index (χ1) is 5.96. The van der Waals surface area contributed by atoms with E-state index in [1.165, 1.54) is 0 Å². The lowest BCUT2D eigenvalue weighted by molar-refractivity contribution is -0.137. The predicted molar refractivity (Wildman–Crippen MR) is 42.1 cm³/mol. The summed E-state index contributed by atoms with van der Waals surface area (Å²) in [7, 11) is 0. The first kappa shape index (κ1) is 10.3. The zero-order chi connectivity index (χ0) is 10.1. The molecule has 2 nitrogen and oxygen atoms in total. The fraction of sp³-hybridized carbons (Fsp3) is 0.286. The molecule has 1 rings (SSSR count). The number of alkyl halides is 3. The molecule has 1 aromatic rings. The lowest BCUT2D eigenvalue weighted by atomic mass is 10.2. The van der Waals surface area contributed by atoms with E-state index in [9.17, 15) is 13.2 Å². The van der Waals surface area contributed by atoms with Crippen molar-refractivity contribution in [3.05, 3.63) is 28.5 Å². The molecule has 0 aliphatic rings. The molecule has 0 bridgehead atoms. The van der Waals surface area contributed by atoms with Crippen LogP contribution in [0.25, 0.3) is 0 Å². The molecule has 0 saturated carbocycles. The van der Waals surface area contributed by atoms with Crippen molar-refractivity contribution < 1.29 is 13.2 Å². The van der Waals surface area contributed by atoms with E-state index in [1.54, 1.807) is 0 Å². The molecule has 0 unspecified atom stereocenters. The van der Waals surface area contributed by atoms with E-state index in [0.717, 1.165) is 12.3 Å². The molecule has 1 heterocycles. The third-order valence-electron chi connectivity index (χ3n) is 1.46. The number of hydrogen-bond donors (Lipinski definition) is 1. The Bertz CT molecular complexity index is 311. The van der Waals surface area contributed by atoms with Crippen molar-refractivity contribution in [3.8, 4) is 0 Å². The normalized spacial score (nSPS) is 11.8. The Kier molecular flexibility index (Phi) is 2.77. The summed E-state index contributed by atoms with van der Waals surface area (Å²) >= 11 is 5.43. The highest BCUT2D eigenvalue weighted by atomic mass is 35.5. The lowest BCUT2D eigenvalue weighted by Gasteiger charge is -2.09. The fourth-order valence-corrected chi connectivity index (χ4v) is 1.14. The van der Waals surface area contributed by atoms with Gasteiger partial charge in [0, 0.05) is 12.7 Å². The minimum absolute atomic E-state index is 0.0523. The van der Waals surface area contributed by atoms with Crippen molar-refractivity contribution in [1.82, 2.24) is 4.98 Å². The van der Waals surface area contributed by atoms with Gasteiger partial charge in [-0.25, -0.2) is 0 Å². The molecule has 0 amide bonds. The van der Waals surface area contributed by atoms with Gasteiger partial charge in [-0.2, -0.15) is 13.2 Å². The first-order valence-electron chi connectivity index (χ1n) is 3.37. The van der Waals surface area contributed by atoms with Crippen LogP contribution in [0, 0.1) is 0 Å². The molecule has 0 aromatic carbocycles. The van der Waals surface area contributed by atoms with Crippen molar-refractivity contribution in [2.75, 3.05) is 0 Å².